The molecule has 0 unspecified atom stereocenters. The van der Waals surface area contributed by atoms with Crippen molar-refractivity contribution in [3.05, 3.63) is 87.7 Å². The zero-order chi connectivity index (χ0) is 19.1. The largest absolute Gasteiger partial charge is 0.361 e. The molecule has 5 nitrogen and oxygen atoms in total. The topological polar surface area (TPSA) is 64.8 Å². The number of H-pyrrole nitrogens is 2. The number of benzene rings is 2. The first-order chi connectivity index (χ1) is 13.7. The second-order valence-electron chi connectivity index (χ2n) is 7.17. The minimum absolute atomic E-state index is 0.0847. The molecule has 0 aliphatic carbocycles. The summed E-state index contributed by atoms with van der Waals surface area (Å²) in [6, 6.07) is 14.4. The average molecular weight is 374 g/mol. The minimum atomic E-state index is -0.244. The maximum Gasteiger partial charge on any atom is 0.255 e. The van der Waals surface area contributed by atoms with E-state index in [0.717, 1.165) is 46.3 Å². The lowest BCUT2D eigenvalue weighted by Crippen LogP contribution is -2.35. The molecule has 0 fully saturated rings. The first-order valence-corrected chi connectivity index (χ1v) is 9.33. The van der Waals surface area contributed by atoms with Crippen LogP contribution in [0, 0.1) is 5.82 Å². The van der Waals surface area contributed by atoms with Gasteiger partial charge in [0.15, 0.2) is 0 Å². The molecule has 0 radical (unpaired) electrons. The third-order valence-corrected chi connectivity index (χ3v) is 5.32. The molecule has 0 bridgehead atoms. The molecular weight excluding hydrogens is 355 g/mol. The molecule has 0 spiro atoms. The SMILES string of the molecule is O=c1[nH]c(-c2ccccc2)nc2c1CN(Cc1c[nH]c3ccc(F)cc13)CC2. The van der Waals surface area contributed by atoms with Gasteiger partial charge in [0.05, 0.1) is 11.3 Å². The van der Waals surface area contributed by atoms with E-state index < -0.39 is 0 Å². The van der Waals surface area contributed by atoms with Crippen LogP contribution in [0.25, 0.3) is 22.3 Å². The highest BCUT2D eigenvalue weighted by Crippen LogP contribution is 2.24. The van der Waals surface area contributed by atoms with Crippen LogP contribution in [-0.4, -0.2) is 26.4 Å². The van der Waals surface area contributed by atoms with E-state index in [1.807, 2.05) is 36.5 Å². The van der Waals surface area contributed by atoms with Gasteiger partial charge >= 0.3 is 0 Å². The fraction of sp³-hybridized carbons (Fsp3) is 0.182. The lowest BCUT2D eigenvalue weighted by Gasteiger charge is -2.27. The van der Waals surface area contributed by atoms with Crippen molar-refractivity contribution >= 4 is 10.9 Å². The number of rotatable bonds is 3. The van der Waals surface area contributed by atoms with Crippen molar-refractivity contribution in [1.29, 1.82) is 0 Å². The summed E-state index contributed by atoms with van der Waals surface area (Å²) in [6.45, 7) is 2.00. The summed E-state index contributed by atoms with van der Waals surface area (Å²) in [5.41, 5.74) is 4.36. The van der Waals surface area contributed by atoms with Gasteiger partial charge in [0, 0.05) is 48.7 Å². The van der Waals surface area contributed by atoms with Gasteiger partial charge in [-0.1, -0.05) is 30.3 Å². The Morgan fingerprint density at radius 1 is 1.14 bits per heavy atom. The number of nitrogens with zero attached hydrogens (tertiary/aromatic N) is 2. The fourth-order valence-electron chi connectivity index (χ4n) is 3.87. The molecule has 1 aliphatic heterocycles. The van der Waals surface area contributed by atoms with E-state index in [4.69, 9.17) is 4.98 Å². The van der Waals surface area contributed by atoms with E-state index in [1.54, 1.807) is 12.1 Å². The molecule has 0 saturated heterocycles. The third kappa shape index (κ3) is 3.01. The Kier molecular flexibility index (Phi) is 4.06. The molecule has 1 aliphatic rings. The summed E-state index contributed by atoms with van der Waals surface area (Å²) in [4.78, 5) is 25.7. The normalized spacial score (nSPS) is 14.3. The van der Waals surface area contributed by atoms with Gasteiger partial charge in [-0.05, 0) is 23.8 Å². The van der Waals surface area contributed by atoms with Crippen molar-refractivity contribution in [3.63, 3.8) is 0 Å². The first-order valence-electron chi connectivity index (χ1n) is 9.33. The number of aromatic amines is 2. The van der Waals surface area contributed by atoms with Crippen LogP contribution in [0.1, 0.15) is 16.8 Å². The Hall–Kier alpha value is -3.25. The van der Waals surface area contributed by atoms with Gasteiger partial charge in [0.2, 0.25) is 0 Å². The molecule has 3 heterocycles. The highest BCUT2D eigenvalue weighted by atomic mass is 19.1. The number of fused-ring (bicyclic) bond motifs is 2. The molecule has 0 saturated carbocycles. The van der Waals surface area contributed by atoms with Crippen LogP contribution in [-0.2, 0) is 19.5 Å². The Bertz CT molecular complexity index is 1210. The molecule has 2 aromatic heterocycles. The summed E-state index contributed by atoms with van der Waals surface area (Å²) in [5, 5.41) is 0.886. The summed E-state index contributed by atoms with van der Waals surface area (Å²) in [5.74, 6) is 0.372. The standard InChI is InChI=1S/C22H19FN4O/c23-16-6-7-19-17(10-16)15(11-24-19)12-27-9-8-20-18(13-27)22(28)26-21(25-20)14-4-2-1-3-5-14/h1-7,10-11,24H,8-9,12-13H2,(H,25,26,28). The first kappa shape index (κ1) is 16.9. The maximum atomic E-state index is 13.6. The van der Waals surface area contributed by atoms with Crippen molar-refractivity contribution in [3.8, 4) is 11.4 Å². The Balaban J connectivity index is 1.42. The van der Waals surface area contributed by atoms with Crippen LogP contribution >= 0.6 is 0 Å². The van der Waals surface area contributed by atoms with E-state index in [2.05, 4.69) is 14.9 Å². The Labute approximate surface area is 160 Å². The van der Waals surface area contributed by atoms with Crippen LogP contribution in [0.2, 0.25) is 0 Å². The fourth-order valence-corrected chi connectivity index (χ4v) is 3.87. The van der Waals surface area contributed by atoms with Crippen LogP contribution in [0.5, 0.6) is 0 Å². The zero-order valence-electron chi connectivity index (χ0n) is 15.2. The predicted octanol–water partition coefficient (Wildman–Crippen LogP) is 3.62. The molecular formula is C22H19FN4O. The molecule has 28 heavy (non-hydrogen) atoms. The van der Waals surface area contributed by atoms with E-state index in [9.17, 15) is 9.18 Å². The Morgan fingerprint density at radius 3 is 2.86 bits per heavy atom. The quantitative estimate of drug-likeness (QED) is 0.576. The van der Waals surface area contributed by atoms with E-state index in [-0.39, 0.29) is 11.4 Å². The predicted molar refractivity (Wildman–Crippen MR) is 106 cm³/mol. The molecule has 6 heteroatoms. The van der Waals surface area contributed by atoms with Gasteiger partial charge in [-0.2, -0.15) is 0 Å². The van der Waals surface area contributed by atoms with Crippen LogP contribution < -0.4 is 5.56 Å². The molecule has 2 aromatic carbocycles. The van der Waals surface area contributed by atoms with E-state index in [0.29, 0.717) is 18.9 Å². The number of hydrogen-bond acceptors (Lipinski definition) is 3. The van der Waals surface area contributed by atoms with Crippen LogP contribution in [0.4, 0.5) is 4.39 Å². The lowest BCUT2D eigenvalue weighted by molar-refractivity contribution is 0.242. The van der Waals surface area contributed by atoms with Crippen LogP contribution in [0.15, 0.2) is 59.5 Å². The number of hydrogen-bond donors (Lipinski definition) is 2. The van der Waals surface area contributed by atoms with Crippen molar-refractivity contribution < 1.29 is 4.39 Å². The van der Waals surface area contributed by atoms with Gasteiger partial charge in [-0.3, -0.25) is 9.69 Å². The molecule has 0 amide bonds. The minimum Gasteiger partial charge on any atom is -0.361 e. The smallest absolute Gasteiger partial charge is 0.255 e. The highest BCUT2D eigenvalue weighted by molar-refractivity contribution is 5.83. The monoisotopic (exact) mass is 374 g/mol. The van der Waals surface area contributed by atoms with Gasteiger partial charge in [-0.15, -0.1) is 0 Å². The average Bonchev–Trinajstić information content (AvgIpc) is 3.11. The van der Waals surface area contributed by atoms with Gasteiger partial charge < -0.3 is 9.97 Å². The lowest BCUT2D eigenvalue weighted by atomic mass is 10.0. The molecule has 2 N–H and O–H groups in total. The summed E-state index contributed by atoms with van der Waals surface area (Å²) in [7, 11) is 0. The number of halogens is 1. The number of aromatic nitrogens is 3. The van der Waals surface area contributed by atoms with Crippen molar-refractivity contribution in [2.24, 2.45) is 0 Å². The van der Waals surface area contributed by atoms with E-state index >= 15 is 0 Å². The molecule has 0 atom stereocenters. The van der Waals surface area contributed by atoms with Crippen molar-refractivity contribution in [2.75, 3.05) is 6.54 Å². The van der Waals surface area contributed by atoms with E-state index in [1.165, 1.54) is 6.07 Å². The van der Waals surface area contributed by atoms with Crippen LogP contribution in [0.3, 0.4) is 0 Å². The molecule has 140 valence electrons. The van der Waals surface area contributed by atoms with Gasteiger partial charge in [0.1, 0.15) is 11.6 Å². The Morgan fingerprint density at radius 2 is 2.00 bits per heavy atom. The van der Waals surface area contributed by atoms with Gasteiger partial charge in [-0.25, -0.2) is 9.37 Å². The summed E-state index contributed by atoms with van der Waals surface area (Å²) < 4.78 is 13.6. The highest BCUT2D eigenvalue weighted by Gasteiger charge is 2.22. The number of nitrogens with one attached hydrogen (secondary N) is 2. The second-order valence-corrected chi connectivity index (χ2v) is 7.17. The summed E-state index contributed by atoms with van der Waals surface area (Å²) >= 11 is 0. The summed E-state index contributed by atoms with van der Waals surface area (Å²) in [6.07, 6.45) is 2.64. The third-order valence-electron chi connectivity index (χ3n) is 5.32. The second kappa shape index (κ2) is 6.73. The maximum absolute atomic E-state index is 13.6. The van der Waals surface area contributed by atoms with Crippen molar-refractivity contribution in [1.82, 2.24) is 19.9 Å². The molecule has 4 aromatic rings. The molecule has 5 rings (SSSR count). The van der Waals surface area contributed by atoms with Gasteiger partial charge in [0.25, 0.3) is 5.56 Å². The zero-order valence-corrected chi connectivity index (χ0v) is 15.2. The van der Waals surface area contributed by atoms with Crippen molar-refractivity contribution in [2.45, 2.75) is 19.5 Å².